The van der Waals surface area contributed by atoms with Crippen LogP contribution in [0.1, 0.15) is 32.6 Å². The third-order valence-corrected chi connectivity index (χ3v) is 5.68. The first kappa shape index (κ1) is 9.49. The van der Waals surface area contributed by atoms with Gasteiger partial charge in [0.1, 0.15) is 0 Å². The summed E-state index contributed by atoms with van der Waals surface area (Å²) in [5, 5.41) is 0. The predicted molar refractivity (Wildman–Crippen MR) is 45.8 cm³/mol. The van der Waals surface area contributed by atoms with Gasteiger partial charge in [0, 0.05) is 0 Å². The molecule has 0 spiro atoms. The van der Waals surface area contributed by atoms with E-state index in [1.807, 2.05) is 0 Å². The van der Waals surface area contributed by atoms with Gasteiger partial charge in [-0.2, -0.15) is 0 Å². The fraction of sp³-hybridized carbons (Fsp3) is 0.889. The second kappa shape index (κ2) is 5.12. The summed E-state index contributed by atoms with van der Waals surface area (Å²) >= 11 is 0.355. The molecule has 0 atom stereocenters. The number of alkyl halides is 2. The molecule has 1 nitrogen and oxygen atoms in total. The van der Waals surface area contributed by atoms with Gasteiger partial charge in [0.05, 0.1) is 0 Å². The zero-order valence-corrected chi connectivity index (χ0v) is 9.38. The molecule has 0 radical (unpaired) electrons. The topological polar surface area (TPSA) is 12.4 Å². The van der Waals surface area contributed by atoms with Crippen molar-refractivity contribution in [3.63, 3.8) is 0 Å². The Morgan fingerprint density at radius 1 is 1.36 bits per heavy atom. The molecule has 0 bridgehead atoms. The van der Waals surface area contributed by atoms with Crippen molar-refractivity contribution in [1.82, 2.24) is 0 Å². The third-order valence-electron chi connectivity index (χ3n) is 2.32. The van der Waals surface area contributed by atoms with E-state index >= 15 is 0 Å². The Labute approximate surface area is 79.9 Å². The molecule has 0 aromatic heterocycles. The molecule has 0 unspecified atom stereocenters. The van der Waals surface area contributed by atoms with Crippen molar-refractivity contribution in [2.24, 2.45) is 10.9 Å². The van der Waals surface area contributed by atoms with E-state index in [9.17, 15) is 0 Å². The van der Waals surface area contributed by atoms with Crippen LogP contribution in [0, 0.1) is 5.92 Å². The van der Waals surface area contributed by atoms with E-state index in [4.69, 9.17) is 0 Å². The second-order valence-corrected chi connectivity index (χ2v) is 6.68. The van der Waals surface area contributed by atoms with Gasteiger partial charge in [0.15, 0.2) is 0 Å². The van der Waals surface area contributed by atoms with Gasteiger partial charge in [-0.05, 0) is 0 Å². The predicted octanol–water partition coefficient (Wildman–Crippen LogP) is -0.688. The standard InChI is InChI=1S/C9H17IN/c1-8-3-5-9(6-4-8)10-7-11-2/h8-9H,2-7H2,1H3/q-1. The molecule has 66 valence electrons. The van der Waals surface area contributed by atoms with Crippen molar-refractivity contribution in [2.45, 2.75) is 36.5 Å². The first-order chi connectivity index (χ1) is 5.33. The Morgan fingerprint density at radius 3 is 2.55 bits per heavy atom. The van der Waals surface area contributed by atoms with Gasteiger partial charge in [-0.3, -0.25) is 0 Å². The molecule has 0 N–H and O–H groups in total. The van der Waals surface area contributed by atoms with E-state index in [0.717, 1.165) is 14.4 Å². The van der Waals surface area contributed by atoms with E-state index in [0.29, 0.717) is 21.2 Å². The molecule has 0 aliphatic heterocycles. The molecule has 0 heterocycles. The first-order valence-electron chi connectivity index (χ1n) is 4.33. The maximum absolute atomic E-state index is 3.95. The molecule has 0 saturated heterocycles. The van der Waals surface area contributed by atoms with Gasteiger partial charge in [0.25, 0.3) is 0 Å². The number of aliphatic imine (C=N–C) groups is 1. The van der Waals surface area contributed by atoms with Crippen LogP contribution >= 0.6 is 0 Å². The Hall–Kier alpha value is 0.400. The molecule has 1 fully saturated rings. The minimum atomic E-state index is 0.355. The molecule has 1 aliphatic rings. The quantitative estimate of drug-likeness (QED) is 0.277. The molecule has 0 amide bonds. The average Bonchev–Trinajstić information content (AvgIpc) is 2.04. The first-order valence-corrected chi connectivity index (χ1v) is 7.10. The minimum absolute atomic E-state index is 0.355. The van der Waals surface area contributed by atoms with Crippen molar-refractivity contribution < 1.29 is 21.2 Å². The van der Waals surface area contributed by atoms with Gasteiger partial charge in [-0.1, -0.05) is 0 Å². The summed E-state index contributed by atoms with van der Waals surface area (Å²) in [6, 6.07) is 0. The number of hydrogen-bond donors (Lipinski definition) is 0. The zero-order valence-electron chi connectivity index (χ0n) is 7.22. The number of nitrogens with zero attached hydrogens (tertiary/aromatic N) is 1. The van der Waals surface area contributed by atoms with Crippen molar-refractivity contribution >= 4 is 6.72 Å². The summed E-state index contributed by atoms with van der Waals surface area (Å²) in [5.74, 6) is 0.993. The normalized spacial score (nSPS) is 32.1. The summed E-state index contributed by atoms with van der Waals surface area (Å²) in [6.45, 7) is 5.91. The molecule has 1 aliphatic carbocycles. The third kappa shape index (κ3) is 3.54. The molecular formula is C9H17IN-. The number of halogens is 1. The second-order valence-electron chi connectivity index (χ2n) is 3.35. The Kier molecular flexibility index (Phi) is 4.41. The van der Waals surface area contributed by atoms with Crippen molar-refractivity contribution in [1.29, 1.82) is 0 Å². The van der Waals surface area contributed by atoms with Gasteiger partial charge < -0.3 is 0 Å². The summed E-state index contributed by atoms with van der Waals surface area (Å²) in [6.07, 6.45) is 5.87. The van der Waals surface area contributed by atoms with E-state index in [1.54, 1.807) is 0 Å². The van der Waals surface area contributed by atoms with Crippen LogP contribution in [0.4, 0.5) is 0 Å². The average molecular weight is 266 g/mol. The van der Waals surface area contributed by atoms with Crippen LogP contribution < -0.4 is 21.2 Å². The molecule has 11 heavy (non-hydrogen) atoms. The van der Waals surface area contributed by atoms with E-state index in [-0.39, 0.29) is 0 Å². The fourth-order valence-corrected chi connectivity index (χ4v) is 3.96. The van der Waals surface area contributed by atoms with Crippen LogP contribution in [0.3, 0.4) is 0 Å². The van der Waals surface area contributed by atoms with Crippen molar-refractivity contribution in [3.8, 4) is 0 Å². The van der Waals surface area contributed by atoms with Crippen LogP contribution in [0.25, 0.3) is 0 Å². The number of hydrogen-bond acceptors (Lipinski definition) is 1. The molecule has 1 saturated carbocycles. The van der Waals surface area contributed by atoms with Crippen LogP contribution in [-0.2, 0) is 0 Å². The monoisotopic (exact) mass is 266 g/mol. The van der Waals surface area contributed by atoms with Crippen LogP contribution in [0.2, 0.25) is 0 Å². The van der Waals surface area contributed by atoms with E-state index in [1.165, 1.54) is 25.7 Å². The van der Waals surface area contributed by atoms with Crippen molar-refractivity contribution in [3.05, 3.63) is 0 Å². The number of rotatable bonds is 3. The molecular weight excluding hydrogens is 249 g/mol. The summed E-state index contributed by atoms with van der Waals surface area (Å²) in [7, 11) is 0. The molecule has 0 aromatic rings. The van der Waals surface area contributed by atoms with Crippen LogP contribution in [0.5, 0.6) is 0 Å². The molecule has 0 aromatic carbocycles. The van der Waals surface area contributed by atoms with E-state index < -0.39 is 0 Å². The SMILES string of the molecule is C=NC[I-]C1CCC(C)CC1. The Balaban J connectivity index is 2.12. The van der Waals surface area contributed by atoms with Crippen LogP contribution in [-0.4, -0.2) is 15.2 Å². The Morgan fingerprint density at radius 2 is 2.00 bits per heavy atom. The Bertz CT molecular complexity index is 117. The maximum atomic E-state index is 3.95. The zero-order chi connectivity index (χ0) is 8.10. The fourth-order valence-electron chi connectivity index (χ4n) is 1.52. The van der Waals surface area contributed by atoms with Gasteiger partial charge >= 0.3 is 79.9 Å². The summed E-state index contributed by atoms with van der Waals surface area (Å²) in [5.41, 5.74) is 0. The van der Waals surface area contributed by atoms with Gasteiger partial charge in [0.2, 0.25) is 0 Å². The molecule has 2 heteroatoms. The summed E-state index contributed by atoms with van der Waals surface area (Å²) in [4.78, 5) is 3.95. The van der Waals surface area contributed by atoms with E-state index in [2.05, 4.69) is 18.6 Å². The van der Waals surface area contributed by atoms with Gasteiger partial charge in [-0.25, -0.2) is 0 Å². The van der Waals surface area contributed by atoms with Crippen molar-refractivity contribution in [2.75, 3.05) is 4.55 Å². The summed E-state index contributed by atoms with van der Waals surface area (Å²) < 4.78 is 2.15. The molecule has 1 rings (SSSR count). The van der Waals surface area contributed by atoms with Crippen LogP contribution in [0.15, 0.2) is 4.99 Å². The van der Waals surface area contributed by atoms with Gasteiger partial charge in [-0.15, -0.1) is 0 Å².